The van der Waals surface area contributed by atoms with Crippen LogP contribution in [-0.2, 0) is 4.79 Å². The molecule has 0 aliphatic carbocycles. The predicted molar refractivity (Wildman–Crippen MR) is 85.0 cm³/mol. The summed E-state index contributed by atoms with van der Waals surface area (Å²) in [4.78, 5) is 15.4. The second kappa shape index (κ2) is 7.25. The molecule has 1 saturated heterocycles. The van der Waals surface area contributed by atoms with Crippen molar-refractivity contribution < 1.29 is 4.79 Å². The Morgan fingerprint density at radius 3 is 2.74 bits per heavy atom. The smallest absolute Gasteiger partial charge is 0.232 e. The average Bonchev–Trinajstić information content (AvgIpc) is 2.46. The fourth-order valence-electron chi connectivity index (χ4n) is 2.24. The highest BCUT2D eigenvalue weighted by Gasteiger charge is 2.22. The van der Waals surface area contributed by atoms with E-state index >= 15 is 0 Å². The van der Waals surface area contributed by atoms with Gasteiger partial charge in [0.1, 0.15) is 0 Å². The highest BCUT2D eigenvalue weighted by molar-refractivity contribution is 8.00. The third-order valence-electron chi connectivity index (χ3n) is 3.58. The summed E-state index contributed by atoms with van der Waals surface area (Å²) >= 11 is 3.65. The van der Waals surface area contributed by atoms with Crippen LogP contribution in [0.1, 0.15) is 18.4 Å². The van der Waals surface area contributed by atoms with Crippen LogP contribution in [-0.4, -0.2) is 41.2 Å². The fourth-order valence-corrected chi connectivity index (χ4v) is 4.27. The summed E-state index contributed by atoms with van der Waals surface area (Å²) in [6.07, 6.45) is 2.28. The van der Waals surface area contributed by atoms with Crippen LogP contribution in [0.2, 0.25) is 0 Å². The molecule has 2 nitrogen and oxygen atoms in total. The summed E-state index contributed by atoms with van der Waals surface area (Å²) in [6.45, 7) is 2.09. The van der Waals surface area contributed by atoms with Gasteiger partial charge in [0.05, 0.1) is 5.75 Å². The summed E-state index contributed by atoms with van der Waals surface area (Å²) in [5, 5.41) is 0. The zero-order chi connectivity index (χ0) is 13.7. The number of aryl methyl sites for hydroxylation is 1. The predicted octanol–water partition coefficient (Wildman–Crippen LogP) is 3.44. The van der Waals surface area contributed by atoms with Crippen LogP contribution in [0.4, 0.5) is 0 Å². The quantitative estimate of drug-likeness (QED) is 0.794. The molecule has 0 bridgehead atoms. The third kappa shape index (κ3) is 4.18. The Labute approximate surface area is 124 Å². The Kier molecular flexibility index (Phi) is 5.64. The molecule has 1 aromatic carbocycles. The lowest BCUT2D eigenvalue weighted by molar-refractivity contribution is -0.129. The standard InChI is InChI=1S/C15H21NOS2/c1-12-5-3-4-6-14(12)19-11-15(17)16(2)13-7-9-18-10-8-13/h3-6,13H,7-11H2,1-2H3. The zero-order valence-electron chi connectivity index (χ0n) is 11.6. The van der Waals surface area contributed by atoms with Crippen LogP contribution in [0.3, 0.4) is 0 Å². The molecule has 0 atom stereocenters. The molecule has 0 N–H and O–H groups in total. The van der Waals surface area contributed by atoms with Crippen LogP contribution in [0.25, 0.3) is 0 Å². The lowest BCUT2D eigenvalue weighted by Crippen LogP contribution is -2.40. The van der Waals surface area contributed by atoms with Crippen LogP contribution >= 0.6 is 23.5 Å². The molecule has 1 heterocycles. The number of benzene rings is 1. The lowest BCUT2D eigenvalue weighted by atomic mass is 10.1. The molecule has 0 radical (unpaired) electrons. The first kappa shape index (κ1) is 14.8. The second-order valence-electron chi connectivity index (χ2n) is 4.90. The topological polar surface area (TPSA) is 20.3 Å². The zero-order valence-corrected chi connectivity index (χ0v) is 13.2. The second-order valence-corrected chi connectivity index (χ2v) is 7.14. The van der Waals surface area contributed by atoms with E-state index in [4.69, 9.17) is 0 Å². The normalized spacial score (nSPS) is 16.3. The number of nitrogens with zero attached hydrogens (tertiary/aromatic N) is 1. The largest absolute Gasteiger partial charge is 0.342 e. The lowest BCUT2D eigenvalue weighted by Gasteiger charge is -2.31. The van der Waals surface area contributed by atoms with E-state index < -0.39 is 0 Å². The van der Waals surface area contributed by atoms with Crippen molar-refractivity contribution in [3.63, 3.8) is 0 Å². The average molecular weight is 295 g/mol. The molecule has 1 aliphatic rings. The van der Waals surface area contributed by atoms with Crippen LogP contribution < -0.4 is 0 Å². The summed E-state index contributed by atoms with van der Waals surface area (Å²) in [6, 6.07) is 8.69. The molecule has 1 amide bonds. The van der Waals surface area contributed by atoms with Gasteiger partial charge in [0.25, 0.3) is 0 Å². The van der Waals surface area contributed by atoms with Gasteiger partial charge in [-0.15, -0.1) is 11.8 Å². The number of hydrogen-bond donors (Lipinski definition) is 0. The minimum Gasteiger partial charge on any atom is -0.342 e. The maximum absolute atomic E-state index is 12.2. The van der Waals surface area contributed by atoms with Gasteiger partial charge in [-0.2, -0.15) is 11.8 Å². The highest BCUT2D eigenvalue weighted by Crippen LogP contribution is 2.24. The third-order valence-corrected chi connectivity index (χ3v) is 5.79. The number of hydrogen-bond acceptors (Lipinski definition) is 3. The minimum absolute atomic E-state index is 0.255. The van der Waals surface area contributed by atoms with Crippen molar-refractivity contribution >= 4 is 29.4 Å². The van der Waals surface area contributed by atoms with Gasteiger partial charge in [-0.05, 0) is 42.9 Å². The van der Waals surface area contributed by atoms with E-state index in [0.717, 1.165) is 12.8 Å². The van der Waals surface area contributed by atoms with Crippen molar-refractivity contribution in [1.29, 1.82) is 0 Å². The van der Waals surface area contributed by atoms with Crippen molar-refractivity contribution in [2.75, 3.05) is 24.3 Å². The summed E-state index contributed by atoms with van der Waals surface area (Å²) in [5.74, 6) is 3.18. The van der Waals surface area contributed by atoms with E-state index in [1.807, 2.05) is 35.8 Å². The Bertz CT molecular complexity index is 430. The van der Waals surface area contributed by atoms with E-state index in [2.05, 4.69) is 19.1 Å². The molecule has 0 aromatic heterocycles. The Hall–Kier alpha value is -0.610. The van der Waals surface area contributed by atoms with Crippen molar-refractivity contribution in [3.8, 4) is 0 Å². The molecule has 0 spiro atoms. The molecule has 0 unspecified atom stereocenters. The van der Waals surface area contributed by atoms with Crippen molar-refractivity contribution in [2.24, 2.45) is 0 Å². The Balaban J connectivity index is 1.85. The first-order valence-electron chi connectivity index (χ1n) is 6.70. The summed E-state index contributed by atoms with van der Waals surface area (Å²) in [5.41, 5.74) is 1.25. The Morgan fingerprint density at radius 2 is 2.05 bits per heavy atom. The van der Waals surface area contributed by atoms with Gasteiger partial charge in [0, 0.05) is 18.0 Å². The summed E-state index contributed by atoms with van der Waals surface area (Å²) in [7, 11) is 1.96. The molecule has 19 heavy (non-hydrogen) atoms. The van der Waals surface area contributed by atoms with Gasteiger partial charge in [-0.3, -0.25) is 4.79 Å². The van der Waals surface area contributed by atoms with Crippen LogP contribution in [0, 0.1) is 6.92 Å². The first-order valence-corrected chi connectivity index (χ1v) is 8.84. The van der Waals surface area contributed by atoms with Crippen molar-refractivity contribution in [3.05, 3.63) is 29.8 Å². The molecule has 4 heteroatoms. The molecule has 104 valence electrons. The molecule has 1 fully saturated rings. The number of rotatable bonds is 4. The molecular weight excluding hydrogens is 274 g/mol. The van der Waals surface area contributed by atoms with E-state index in [1.165, 1.54) is 22.0 Å². The van der Waals surface area contributed by atoms with E-state index in [0.29, 0.717) is 11.8 Å². The van der Waals surface area contributed by atoms with E-state index in [1.54, 1.807) is 11.8 Å². The monoisotopic (exact) mass is 295 g/mol. The fraction of sp³-hybridized carbons (Fsp3) is 0.533. The van der Waals surface area contributed by atoms with Gasteiger partial charge in [0.2, 0.25) is 5.91 Å². The Morgan fingerprint density at radius 1 is 1.37 bits per heavy atom. The van der Waals surface area contributed by atoms with Crippen LogP contribution in [0.5, 0.6) is 0 Å². The molecule has 1 aliphatic heterocycles. The number of carbonyl (C=O) groups is 1. The SMILES string of the molecule is Cc1ccccc1SCC(=O)N(C)C1CCSCC1. The van der Waals surface area contributed by atoms with Crippen LogP contribution in [0.15, 0.2) is 29.2 Å². The molecule has 1 aromatic rings. The molecule has 2 rings (SSSR count). The highest BCUT2D eigenvalue weighted by atomic mass is 32.2. The number of thioether (sulfide) groups is 2. The maximum atomic E-state index is 12.2. The van der Waals surface area contributed by atoms with Gasteiger partial charge in [0.15, 0.2) is 0 Å². The van der Waals surface area contributed by atoms with Gasteiger partial charge in [-0.25, -0.2) is 0 Å². The summed E-state index contributed by atoms with van der Waals surface area (Å²) < 4.78 is 0. The molecular formula is C15H21NOS2. The van der Waals surface area contributed by atoms with Crippen molar-refractivity contribution in [1.82, 2.24) is 4.90 Å². The van der Waals surface area contributed by atoms with E-state index in [-0.39, 0.29) is 5.91 Å². The number of carbonyl (C=O) groups excluding carboxylic acids is 1. The van der Waals surface area contributed by atoms with Crippen molar-refractivity contribution in [2.45, 2.75) is 30.7 Å². The van der Waals surface area contributed by atoms with Gasteiger partial charge in [-0.1, -0.05) is 18.2 Å². The first-order chi connectivity index (χ1) is 9.18. The number of amides is 1. The molecule has 0 saturated carbocycles. The maximum Gasteiger partial charge on any atom is 0.232 e. The van der Waals surface area contributed by atoms with E-state index in [9.17, 15) is 4.79 Å². The van der Waals surface area contributed by atoms with Gasteiger partial charge < -0.3 is 4.90 Å². The minimum atomic E-state index is 0.255. The van der Waals surface area contributed by atoms with Gasteiger partial charge >= 0.3 is 0 Å².